The highest BCUT2D eigenvalue weighted by atomic mass is 16.5. The molecule has 0 aromatic rings. The van der Waals surface area contributed by atoms with Crippen LogP contribution >= 0.6 is 0 Å². The molecule has 1 N–H and O–H groups in total. The van der Waals surface area contributed by atoms with Gasteiger partial charge in [-0.1, -0.05) is 20.3 Å². The Bertz CT molecular complexity index is 179. The van der Waals surface area contributed by atoms with Gasteiger partial charge in [0.25, 0.3) is 0 Å². The maximum absolute atomic E-state index is 11.8. The standard InChI is InChI=1S/C12H25NO3/c1-4-7-11(12(15)16-6-3)13(8-5-2)9-10-14/h11,14H,4-10H2,1-3H3. The summed E-state index contributed by atoms with van der Waals surface area (Å²) in [4.78, 5) is 13.8. The number of aliphatic hydroxyl groups excluding tert-OH is 1. The zero-order valence-electron chi connectivity index (χ0n) is 10.7. The van der Waals surface area contributed by atoms with Gasteiger partial charge in [0.05, 0.1) is 13.2 Å². The van der Waals surface area contributed by atoms with Crippen LogP contribution in [0.15, 0.2) is 0 Å². The number of aliphatic hydroxyl groups is 1. The Kier molecular flexibility index (Phi) is 9.24. The lowest BCUT2D eigenvalue weighted by Crippen LogP contribution is -2.44. The van der Waals surface area contributed by atoms with E-state index in [1.165, 1.54) is 0 Å². The molecule has 0 spiro atoms. The minimum Gasteiger partial charge on any atom is -0.465 e. The molecule has 1 atom stereocenters. The molecule has 0 aliphatic heterocycles. The molecule has 1 unspecified atom stereocenters. The molecule has 96 valence electrons. The van der Waals surface area contributed by atoms with Crippen molar-refractivity contribution in [2.75, 3.05) is 26.3 Å². The molecule has 0 rings (SSSR count). The number of hydrogen-bond donors (Lipinski definition) is 1. The normalized spacial score (nSPS) is 12.8. The van der Waals surface area contributed by atoms with Crippen molar-refractivity contribution < 1.29 is 14.6 Å². The molecule has 0 radical (unpaired) electrons. The summed E-state index contributed by atoms with van der Waals surface area (Å²) < 4.78 is 5.07. The van der Waals surface area contributed by atoms with Crippen molar-refractivity contribution in [3.63, 3.8) is 0 Å². The second-order valence-corrected chi connectivity index (χ2v) is 3.82. The Morgan fingerprint density at radius 3 is 2.38 bits per heavy atom. The Hall–Kier alpha value is -0.610. The molecule has 0 aromatic carbocycles. The van der Waals surface area contributed by atoms with E-state index in [-0.39, 0.29) is 18.6 Å². The van der Waals surface area contributed by atoms with Gasteiger partial charge in [-0.3, -0.25) is 9.69 Å². The number of hydrogen-bond acceptors (Lipinski definition) is 4. The van der Waals surface area contributed by atoms with Gasteiger partial charge in [-0.15, -0.1) is 0 Å². The van der Waals surface area contributed by atoms with Gasteiger partial charge in [-0.2, -0.15) is 0 Å². The second-order valence-electron chi connectivity index (χ2n) is 3.82. The molecule has 0 aliphatic rings. The van der Waals surface area contributed by atoms with Crippen molar-refractivity contribution >= 4 is 5.97 Å². The number of ether oxygens (including phenoxy) is 1. The number of esters is 1. The van der Waals surface area contributed by atoms with Crippen molar-refractivity contribution in [2.24, 2.45) is 0 Å². The first-order chi connectivity index (χ1) is 7.71. The van der Waals surface area contributed by atoms with Crippen molar-refractivity contribution in [3.05, 3.63) is 0 Å². The summed E-state index contributed by atoms with van der Waals surface area (Å²) in [5.74, 6) is -0.161. The quantitative estimate of drug-likeness (QED) is 0.610. The molecule has 16 heavy (non-hydrogen) atoms. The largest absolute Gasteiger partial charge is 0.465 e. The molecule has 0 heterocycles. The molecule has 0 amide bonds. The van der Waals surface area contributed by atoms with Gasteiger partial charge in [0.15, 0.2) is 0 Å². The summed E-state index contributed by atoms with van der Waals surface area (Å²) >= 11 is 0. The topological polar surface area (TPSA) is 49.8 Å². The van der Waals surface area contributed by atoms with Crippen LogP contribution in [0.4, 0.5) is 0 Å². The van der Waals surface area contributed by atoms with Crippen LogP contribution in [0, 0.1) is 0 Å². The Morgan fingerprint density at radius 1 is 1.25 bits per heavy atom. The molecule has 0 bridgehead atoms. The fourth-order valence-corrected chi connectivity index (χ4v) is 1.80. The summed E-state index contributed by atoms with van der Waals surface area (Å²) in [5.41, 5.74) is 0. The third-order valence-corrected chi connectivity index (χ3v) is 2.46. The molecule has 4 heteroatoms. The van der Waals surface area contributed by atoms with E-state index in [1.54, 1.807) is 0 Å². The SMILES string of the molecule is CCCC(C(=O)OCC)N(CCC)CCO. The summed E-state index contributed by atoms with van der Waals surface area (Å²) in [6.07, 6.45) is 2.70. The summed E-state index contributed by atoms with van der Waals surface area (Å²) in [5, 5.41) is 9.00. The van der Waals surface area contributed by atoms with Crippen LogP contribution in [0.25, 0.3) is 0 Å². The van der Waals surface area contributed by atoms with E-state index in [9.17, 15) is 4.79 Å². The van der Waals surface area contributed by atoms with Gasteiger partial charge in [0, 0.05) is 6.54 Å². The van der Waals surface area contributed by atoms with Crippen molar-refractivity contribution in [1.29, 1.82) is 0 Å². The third-order valence-electron chi connectivity index (χ3n) is 2.46. The maximum atomic E-state index is 11.8. The van der Waals surface area contributed by atoms with Crippen LogP contribution in [0.3, 0.4) is 0 Å². The number of nitrogens with zero attached hydrogens (tertiary/aromatic N) is 1. The van der Waals surface area contributed by atoms with Gasteiger partial charge in [-0.05, 0) is 26.3 Å². The number of carbonyl (C=O) groups is 1. The molecular formula is C12H25NO3. The first kappa shape index (κ1) is 15.4. The van der Waals surface area contributed by atoms with Crippen LogP contribution in [0.2, 0.25) is 0 Å². The van der Waals surface area contributed by atoms with Crippen LogP contribution < -0.4 is 0 Å². The monoisotopic (exact) mass is 231 g/mol. The number of rotatable bonds is 9. The van der Waals surface area contributed by atoms with Crippen molar-refractivity contribution in [1.82, 2.24) is 4.90 Å². The average Bonchev–Trinajstić information content (AvgIpc) is 2.26. The lowest BCUT2D eigenvalue weighted by atomic mass is 10.1. The van der Waals surface area contributed by atoms with Gasteiger partial charge in [0.1, 0.15) is 6.04 Å². The van der Waals surface area contributed by atoms with Crippen LogP contribution in [-0.2, 0) is 9.53 Å². The number of carbonyl (C=O) groups excluding carboxylic acids is 1. The smallest absolute Gasteiger partial charge is 0.323 e. The molecule has 0 aromatic heterocycles. The minimum atomic E-state index is -0.197. The summed E-state index contributed by atoms with van der Waals surface area (Å²) in [6, 6.07) is -0.197. The highest BCUT2D eigenvalue weighted by Gasteiger charge is 2.25. The molecule has 0 saturated carbocycles. The molecule has 0 fully saturated rings. The van der Waals surface area contributed by atoms with Crippen LogP contribution in [-0.4, -0.2) is 48.3 Å². The Labute approximate surface area is 98.6 Å². The van der Waals surface area contributed by atoms with E-state index in [2.05, 4.69) is 13.8 Å². The molecular weight excluding hydrogens is 206 g/mol. The van der Waals surface area contributed by atoms with E-state index in [0.29, 0.717) is 13.2 Å². The van der Waals surface area contributed by atoms with E-state index >= 15 is 0 Å². The van der Waals surface area contributed by atoms with Gasteiger partial charge in [0.2, 0.25) is 0 Å². The van der Waals surface area contributed by atoms with Crippen molar-refractivity contribution in [3.8, 4) is 0 Å². The summed E-state index contributed by atoms with van der Waals surface area (Å²) in [6.45, 7) is 7.80. The zero-order valence-corrected chi connectivity index (χ0v) is 10.7. The second kappa shape index (κ2) is 9.60. The van der Waals surface area contributed by atoms with Gasteiger partial charge < -0.3 is 9.84 Å². The predicted molar refractivity (Wildman–Crippen MR) is 64.3 cm³/mol. The molecule has 4 nitrogen and oxygen atoms in total. The van der Waals surface area contributed by atoms with Gasteiger partial charge >= 0.3 is 5.97 Å². The first-order valence-corrected chi connectivity index (χ1v) is 6.22. The third kappa shape index (κ3) is 5.47. The average molecular weight is 231 g/mol. The summed E-state index contributed by atoms with van der Waals surface area (Å²) in [7, 11) is 0. The van der Waals surface area contributed by atoms with E-state index in [1.807, 2.05) is 11.8 Å². The van der Waals surface area contributed by atoms with Crippen LogP contribution in [0.1, 0.15) is 40.0 Å². The highest BCUT2D eigenvalue weighted by Crippen LogP contribution is 2.10. The Balaban J connectivity index is 4.47. The van der Waals surface area contributed by atoms with Gasteiger partial charge in [-0.25, -0.2) is 0 Å². The highest BCUT2D eigenvalue weighted by molar-refractivity contribution is 5.75. The van der Waals surface area contributed by atoms with E-state index in [4.69, 9.17) is 9.84 Å². The molecule has 0 saturated heterocycles. The van der Waals surface area contributed by atoms with Crippen molar-refractivity contribution in [2.45, 2.75) is 46.1 Å². The van der Waals surface area contributed by atoms with E-state index in [0.717, 1.165) is 25.8 Å². The lowest BCUT2D eigenvalue weighted by Gasteiger charge is -2.28. The maximum Gasteiger partial charge on any atom is 0.323 e. The Morgan fingerprint density at radius 2 is 1.94 bits per heavy atom. The van der Waals surface area contributed by atoms with Crippen LogP contribution in [0.5, 0.6) is 0 Å². The lowest BCUT2D eigenvalue weighted by molar-refractivity contribution is -0.150. The predicted octanol–water partition coefficient (Wildman–Crippen LogP) is 1.42. The van der Waals surface area contributed by atoms with E-state index < -0.39 is 0 Å². The zero-order chi connectivity index (χ0) is 12.4. The fraction of sp³-hybridized carbons (Fsp3) is 0.917. The minimum absolute atomic E-state index is 0.0830. The first-order valence-electron chi connectivity index (χ1n) is 6.22. The fourth-order valence-electron chi connectivity index (χ4n) is 1.80. The molecule has 0 aliphatic carbocycles.